The Morgan fingerprint density at radius 1 is 1.47 bits per heavy atom. The summed E-state index contributed by atoms with van der Waals surface area (Å²) in [5, 5.41) is 11.4. The number of amides is 1. The second-order valence-electron chi connectivity index (χ2n) is 3.97. The Labute approximate surface area is 115 Å². The Morgan fingerprint density at radius 2 is 2.21 bits per heavy atom. The maximum atomic E-state index is 12.0. The Balaban J connectivity index is 2.83. The number of aliphatic hydroxyl groups excluding tert-OH is 1. The van der Waals surface area contributed by atoms with E-state index in [2.05, 4.69) is 17.2 Å². The lowest BCUT2D eigenvalue weighted by molar-refractivity contribution is 0.0955. The summed E-state index contributed by atoms with van der Waals surface area (Å²) in [6.07, 6.45) is 1.60. The van der Waals surface area contributed by atoms with Crippen LogP contribution in [0.3, 0.4) is 0 Å². The third-order valence-electron chi connectivity index (χ3n) is 2.56. The lowest BCUT2D eigenvalue weighted by atomic mass is 10.0. The van der Waals surface area contributed by atoms with Crippen molar-refractivity contribution in [3.05, 3.63) is 34.9 Å². The van der Waals surface area contributed by atoms with Crippen LogP contribution in [0.1, 0.15) is 21.5 Å². The van der Waals surface area contributed by atoms with E-state index in [9.17, 15) is 9.00 Å². The summed E-state index contributed by atoms with van der Waals surface area (Å²) in [5.74, 6) is 5.61. The SMILES string of the molecule is Cc1c(C#CCO)cccc1C(=O)NCCS(C)=O. The Bertz CT molecular complexity index is 543. The van der Waals surface area contributed by atoms with Crippen LogP contribution < -0.4 is 5.32 Å². The third kappa shape index (κ3) is 4.86. The van der Waals surface area contributed by atoms with E-state index in [4.69, 9.17) is 5.11 Å². The smallest absolute Gasteiger partial charge is 0.251 e. The molecule has 0 aliphatic carbocycles. The minimum absolute atomic E-state index is 0.199. The summed E-state index contributed by atoms with van der Waals surface area (Å²) in [4.78, 5) is 12.0. The van der Waals surface area contributed by atoms with Crippen LogP contribution in [-0.2, 0) is 10.8 Å². The van der Waals surface area contributed by atoms with E-state index in [0.29, 0.717) is 17.9 Å². The lowest BCUT2D eigenvalue weighted by Crippen LogP contribution is -2.28. The van der Waals surface area contributed by atoms with Gasteiger partial charge in [-0.05, 0) is 24.6 Å². The van der Waals surface area contributed by atoms with E-state index < -0.39 is 10.8 Å². The second kappa shape index (κ2) is 7.72. The van der Waals surface area contributed by atoms with Gasteiger partial charge >= 0.3 is 0 Å². The molecule has 1 unspecified atom stereocenters. The van der Waals surface area contributed by atoms with Gasteiger partial charge in [0.1, 0.15) is 6.61 Å². The predicted octanol–water partition coefficient (Wildman–Crippen LogP) is 0.447. The molecule has 0 heterocycles. The number of aliphatic hydroxyl groups is 1. The molecule has 0 fully saturated rings. The molecule has 0 spiro atoms. The summed E-state index contributed by atoms with van der Waals surface area (Å²) >= 11 is 0. The van der Waals surface area contributed by atoms with Crippen LogP contribution in [0.4, 0.5) is 0 Å². The molecule has 5 heteroatoms. The second-order valence-corrected chi connectivity index (χ2v) is 5.53. The van der Waals surface area contributed by atoms with Crippen molar-refractivity contribution in [2.24, 2.45) is 0 Å². The zero-order valence-electron chi connectivity index (χ0n) is 11.0. The molecule has 0 aliphatic heterocycles. The van der Waals surface area contributed by atoms with Crippen LogP contribution in [0.25, 0.3) is 0 Å². The molecule has 0 radical (unpaired) electrons. The molecule has 4 nitrogen and oxygen atoms in total. The normalized spacial score (nSPS) is 11.3. The van der Waals surface area contributed by atoms with Gasteiger partial charge in [-0.2, -0.15) is 0 Å². The predicted molar refractivity (Wildman–Crippen MR) is 76.4 cm³/mol. The molecule has 1 aromatic rings. The largest absolute Gasteiger partial charge is 0.384 e. The zero-order chi connectivity index (χ0) is 14.3. The first-order valence-corrected chi connectivity index (χ1v) is 7.56. The van der Waals surface area contributed by atoms with Crippen LogP contribution >= 0.6 is 0 Å². The van der Waals surface area contributed by atoms with Crippen LogP contribution in [-0.4, -0.2) is 40.4 Å². The van der Waals surface area contributed by atoms with Crippen molar-refractivity contribution >= 4 is 16.7 Å². The number of carbonyl (C=O) groups is 1. The zero-order valence-corrected chi connectivity index (χ0v) is 11.8. The molecule has 1 atom stereocenters. The average Bonchev–Trinajstić information content (AvgIpc) is 2.37. The number of hydrogen-bond donors (Lipinski definition) is 2. The molecule has 0 aromatic heterocycles. The highest BCUT2D eigenvalue weighted by atomic mass is 32.2. The first kappa shape index (κ1) is 15.4. The van der Waals surface area contributed by atoms with Gasteiger partial charge in [0.05, 0.1) is 0 Å². The van der Waals surface area contributed by atoms with Crippen molar-refractivity contribution in [1.29, 1.82) is 0 Å². The minimum Gasteiger partial charge on any atom is -0.384 e. The summed E-state index contributed by atoms with van der Waals surface area (Å²) in [7, 11) is -0.917. The summed E-state index contributed by atoms with van der Waals surface area (Å²) < 4.78 is 10.9. The van der Waals surface area contributed by atoms with Gasteiger partial charge in [0.15, 0.2) is 0 Å². The number of hydrogen-bond acceptors (Lipinski definition) is 3. The highest BCUT2D eigenvalue weighted by molar-refractivity contribution is 7.84. The van der Waals surface area contributed by atoms with E-state index in [0.717, 1.165) is 11.1 Å². The maximum absolute atomic E-state index is 12.0. The molecule has 19 heavy (non-hydrogen) atoms. The fourth-order valence-electron chi connectivity index (χ4n) is 1.56. The Hall–Kier alpha value is -1.64. The summed E-state index contributed by atoms with van der Waals surface area (Å²) in [6, 6.07) is 5.27. The molecule has 1 rings (SSSR count). The minimum atomic E-state index is -0.917. The van der Waals surface area contributed by atoms with Crippen molar-refractivity contribution in [3.8, 4) is 11.8 Å². The molecule has 0 aliphatic rings. The van der Waals surface area contributed by atoms with Gasteiger partial charge in [-0.3, -0.25) is 9.00 Å². The molecule has 1 amide bonds. The first-order valence-electron chi connectivity index (χ1n) is 5.84. The standard InChI is InChI=1S/C14H17NO3S/c1-11-12(6-4-9-16)5-3-7-13(11)14(17)15-8-10-19(2)18/h3,5,7,16H,8-10H2,1-2H3,(H,15,17). The topological polar surface area (TPSA) is 66.4 Å². The van der Waals surface area contributed by atoms with Crippen molar-refractivity contribution in [1.82, 2.24) is 5.32 Å². The van der Waals surface area contributed by atoms with Gasteiger partial charge in [0.2, 0.25) is 0 Å². The van der Waals surface area contributed by atoms with E-state index in [1.54, 1.807) is 24.5 Å². The van der Waals surface area contributed by atoms with Gasteiger partial charge in [0, 0.05) is 40.5 Å². The summed E-state index contributed by atoms with van der Waals surface area (Å²) in [6.45, 7) is 1.99. The molecular formula is C14H17NO3S. The van der Waals surface area contributed by atoms with E-state index >= 15 is 0 Å². The van der Waals surface area contributed by atoms with Gasteiger partial charge in [-0.1, -0.05) is 17.9 Å². The summed E-state index contributed by atoms with van der Waals surface area (Å²) in [5.41, 5.74) is 2.05. The monoisotopic (exact) mass is 279 g/mol. The number of nitrogens with one attached hydrogen (secondary N) is 1. The highest BCUT2D eigenvalue weighted by Gasteiger charge is 2.10. The van der Waals surface area contributed by atoms with Crippen LogP contribution in [0, 0.1) is 18.8 Å². The average molecular weight is 279 g/mol. The third-order valence-corrected chi connectivity index (χ3v) is 3.33. The van der Waals surface area contributed by atoms with Gasteiger partial charge in [-0.15, -0.1) is 0 Å². The first-order chi connectivity index (χ1) is 9.06. The van der Waals surface area contributed by atoms with Crippen LogP contribution in [0.2, 0.25) is 0 Å². The van der Waals surface area contributed by atoms with Crippen LogP contribution in [0.5, 0.6) is 0 Å². The van der Waals surface area contributed by atoms with Crippen molar-refractivity contribution < 1.29 is 14.1 Å². The molecule has 0 bridgehead atoms. The lowest BCUT2D eigenvalue weighted by Gasteiger charge is -2.08. The molecule has 0 saturated heterocycles. The number of benzene rings is 1. The maximum Gasteiger partial charge on any atom is 0.251 e. The number of rotatable bonds is 4. The van der Waals surface area contributed by atoms with Gasteiger partial charge in [-0.25, -0.2) is 0 Å². The molecular weight excluding hydrogens is 262 g/mol. The van der Waals surface area contributed by atoms with E-state index in [1.807, 2.05) is 6.92 Å². The highest BCUT2D eigenvalue weighted by Crippen LogP contribution is 2.12. The molecule has 1 aromatic carbocycles. The fourth-order valence-corrected chi connectivity index (χ4v) is 1.94. The molecule has 2 N–H and O–H groups in total. The van der Waals surface area contributed by atoms with Gasteiger partial charge < -0.3 is 10.4 Å². The van der Waals surface area contributed by atoms with E-state index in [1.165, 1.54) is 0 Å². The Morgan fingerprint density at radius 3 is 2.84 bits per heavy atom. The van der Waals surface area contributed by atoms with Crippen molar-refractivity contribution in [3.63, 3.8) is 0 Å². The van der Waals surface area contributed by atoms with E-state index in [-0.39, 0.29) is 12.5 Å². The van der Waals surface area contributed by atoms with Gasteiger partial charge in [0.25, 0.3) is 5.91 Å². The molecule has 102 valence electrons. The van der Waals surface area contributed by atoms with Crippen molar-refractivity contribution in [2.75, 3.05) is 25.2 Å². The Kier molecular flexibility index (Phi) is 6.26. The molecule has 0 saturated carbocycles. The van der Waals surface area contributed by atoms with Crippen molar-refractivity contribution in [2.45, 2.75) is 6.92 Å². The van der Waals surface area contributed by atoms with Crippen LogP contribution in [0.15, 0.2) is 18.2 Å². The quantitative estimate of drug-likeness (QED) is 0.786. The number of carbonyl (C=O) groups excluding carboxylic acids is 1. The fraction of sp³-hybridized carbons (Fsp3) is 0.357.